The van der Waals surface area contributed by atoms with E-state index in [-0.39, 0.29) is 16.3 Å². The maximum Gasteiger partial charge on any atom is 0.252 e. The molecule has 90 valence electrons. The molecule has 0 saturated heterocycles. The van der Waals surface area contributed by atoms with E-state index in [2.05, 4.69) is 21.2 Å². The molecule has 1 N–H and O–H groups in total. The highest BCUT2D eigenvalue weighted by atomic mass is 79.9. The molecule has 1 unspecified atom stereocenters. The van der Waals surface area contributed by atoms with Crippen molar-refractivity contribution in [1.82, 2.24) is 5.32 Å². The fraction of sp³-hybridized carbons (Fsp3) is 0.333. The molecule has 0 aliphatic carbocycles. The minimum Gasteiger partial charge on any atom is -0.336 e. The molecule has 1 atom stereocenters. The van der Waals surface area contributed by atoms with Gasteiger partial charge in [-0.2, -0.15) is 5.26 Å². The first kappa shape index (κ1) is 13.7. The Kier molecular flexibility index (Phi) is 4.64. The van der Waals surface area contributed by atoms with Crippen molar-refractivity contribution in [2.75, 3.05) is 0 Å². The van der Waals surface area contributed by atoms with E-state index in [1.807, 2.05) is 19.9 Å². The number of carbonyl (C=O) groups excluding carboxylic acids is 1. The fourth-order valence-corrected chi connectivity index (χ4v) is 1.59. The third-order valence-electron chi connectivity index (χ3n) is 2.27. The molecule has 0 spiro atoms. The lowest BCUT2D eigenvalue weighted by molar-refractivity contribution is 0.0937. The SMILES string of the molecule is CC(C)C(C#N)NC(=O)c1ccc(F)c(Br)c1. The van der Waals surface area contributed by atoms with Crippen molar-refractivity contribution in [3.8, 4) is 6.07 Å². The minimum atomic E-state index is -0.550. The number of hydrogen-bond acceptors (Lipinski definition) is 2. The number of nitrogens with one attached hydrogen (secondary N) is 1. The second-order valence-corrected chi connectivity index (χ2v) is 4.81. The van der Waals surface area contributed by atoms with Crippen LogP contribution in [-0.4, -0.2) is 11.9 Å². The number of rotatable bonds is 3. The highest BCUT2D eigenvalue weighted by molar-refractivity contribution is 9.10. The van der Waals surface area contributed by atoms with Crippen LogP contribution in [0.2, 0.25) is 0 Å². The zero-order valence-corrected chi connectivity index (χ0v) is 11.1. The van der Waals surface area contributed by atoms with Crippen LogP contribution in [0.3, 0.4) is 0 Å². The number of nitrogens with zero attached hydrogens (tertiary/aromatic N) is 1. The van der Waals surface area contributed by atoms with E-state index in [0.29, 0.717) is 5.56 Å². The van der Waals surface area contributed by atoms with Gasteiger partial charge in [-0.1, -0.05) is 13.8 Å². The third kappa shape index (κ3) is 3.53. The first-order valence-corrected chi connectivity index (χ1v) is 5.90. The van der Waals surface area contributed by atoms with Gasteiger partial charge < -0.3 is 5.32 Å². The molecule has 1 aromatic rings. The van der Waals surface area contributed by atoms with Crippen LogP contribution < -0.4 is 5.32 Å². The molecule has 0 fully saturated rings. The number of carbonyl (C=O) groups is 1. The standard InChI is InChI=1S/C12H12BrFN2O/c1-7(2)11(6-15)16-12(17)8-3-4-10(14)9(13)5-8/h3-5,7,11H,1-2H3,(H,16,17). The van der Waals surface area contributed by atoms with E-state index in [9.17, 15) is 9.18 Å². The zero-order valence-electron chi connectivity index (χ0n) is 9.50. The quantitative estimate of drug-likeness (QED) is 0.933. The number of amides is 1. The molecule has 0 saturated carbocycles. The van der Waals surface area contributed by atoms with Gasteiger partial charge in [0.05, 0.1) is 10.5 Å². The van der Waals surface area contributed by atoms with Crippen LogP contribution in [0, 0.1) is 23.1 Å². The Hall–Kier alpha value is -1.41. The van der Waals surface area contributed by atoms with Crippen LogP contribution in [0.4, 0.5) is 4.39 Å². The summed E-state index contributed by atoms with van der Waals surface area (Å²) in [6.07, 6.45) is 0. The molecule has 1 rings (SSSR count). The first-order valence-electron chi connectivity index (χ1n) is 5.11. The largest absolute Gasteiger partial charge is 0.336 e. The molecule has 3 nitrogen and oxygen atoms in total. The van der Waals surface area contributed by atoms with Gasteiger partial charge in [-0.15, -0.1) is 0 Å². The summed E-state index contributed by atoms with van der Waals surface area (Å²) in [5, 5.41) is 11.4. The maximum absolute atomic E-state index is 13.0. The van der Waals surface area contributed by atoms with Crippen LogP contribution in [0.15, 0.2) is 22.7 Å². The predicted molar refractivity (Wildman–Crippen MR) is 65.8 cm³/mol. The second kappa shape index (κ2) is 5.78. The summed E-state index contributed by atoms with van der Waals surface area (Å²) in [4.78, 5) is 11.8. The van der Waals surface area contributed by atoms with E-state index < -0.39 is 11.9 Å². The Morgan fingerprint density at radius 3 is 2.65 bits per heavy atom. The summed E-state index contributed by atoms with van der Waals surface area (Å²) in [6, 6.07) is 5.43. The van der Waals surface area contributed by atoms with Crippen molar-refractivity contribution in [3.05, 3.63) is 34.1 Å². The average Bonchev–Trinajstić information content (AvgIpc) is 2.28. The van der Waals surface area contributed by atoms with Crippen molar-refractivity contribution in [3.63, 3.8) is 0 Å². The lowest BCUT2D eigenvalue weighted by Crippen LogP contribution is -2.37. The summed E-state index contributed by atoms with van der Waals surface area (Å²) in [5.41, 5.74) is 0.319. The van der Waals surface area contributed by atoms with Crippen molar-refractivity contribution >= 4 is 21.8 Å². The van der Waals surface area contributed by atoms with Crippen molar-refractivity contribution in [1.29, 1.82) is 5.26 Å². The van der Waals surface area contributed by atoms with Crippen molar-refractivity contribution in [2.45, 2.75) is 19.9 Å². The van der Waals surface area contributed by atoms with Gasteiger partial charge in [0.2, 0.25) is 0 Å². The van der Waals surface area contributed by atoms with Gasteiger partial charge >= 0.3 is 0 Å². The Morgan fingerprint density at radius 2 is 2.18 bits per heavy atom. The molecule has 5 heteroatoms. The average molecular weight is 299 g/mol. The highest BCUT2D eigenvalue weighted by Crippen LogP contribution is 2.17. The molecular formula is C12H12BrFN2O. The molecule has 0 heterocycles. The Labute approximate surface area is 108 Å². The molecule has 0 aliphatic rings. The van der Waals surface area contributed by atoms with Crippen LogP contribution in [0.5, 0.6) is 0 Å². The third-order valence-corrected chi connectivity index (χ3v) is 2.88. The molecule has 1 amide bonds. The number of nitriles is 1. The first-order chi connectivity index (χ1) is 7.95. The normalized spacial score (nSPS) is 12.0. The smallest absolute Gasteiger partial charge is 0.252 e. The topological polar surface area (TPSA) is 52.9 Å². The summed E-state index contributed by atoms with van der Waals surface area (Å²) in [6.45, 7) is 3.68. The van der Waals surface area contributed by atoms with Gasteiger partial charge in [-0.25, -0.2) is 4.39 Å². The molecule has 0 bridgehead atoms. The number of halogens is 2. The van der Waals surface area contributed by atoms with E-state index >= 15 is 0 Å². The van der Waals surface area contributed by atoms with E-state index in [1.54, 1.807) is 0 Å². The molecule has 0 aromatic heterocycles. The van der Waals surface area contributed by atoms with Gasteiger partial charge in [0.25, 0.3) is 5.91 Å². The molecular weight excluding hydrogens is 287 g/mol. The number of benzene rings is 1. The fourth-order valence-electron chi connectivity index (χ4n) is 1.21. The lowest BCUT2D eigenvalue weighted by Gasteiger charge is -2.14. The molecule has 1 aromatic carbocycles. The summed E-state index contributed by atoms with van der Waals surface area (Å²) in [5.74, 6) is -0.791. The molecule has 0 radical (unpaired) electrons. The summed E-state index contributed by atoms with van der Waals surface area (Å²) >= 11 is 3.01. The Morgan fingerprint density at radius 1 is 1.53 bits per heavy atom. The van der Waals surface area contributed by atoms with Gasteiger partial charge in [0, 0.05) is 5.56 Å². The summed E-state index contributed by atoms with van der Waals surface area (Å²) in [7, 11) is 0. The predicted octanol–water partition coefficient (Wildman–Crippen LogP) is 2.87. The maximum atomic E-state index is 13.0. The van der Waals surface area contributed by atoms with E-state index in [4.69, 9.17) is 5.26 Å². The van der Waals surface area contributed by atoms with Crippen LogP contribution in [-0.2, 0) is 0 Å². The number of hydrogen-bond donors (Lipinski definition) is 1. The van der Waals surface area contributed by atoms with E-state index in [1.165, 1.54) is 18.2 Å². The monoisotopic (exact) mass is 298 g/mol. The van der Waals surface area contributed by atoms with Crippen molar-refractivity contribution in [2.24, 2.45) is 5.92 Å². The second-order valence-electron chi connectivity index (χ2n) is 3.95. The lowest BCUT2D eigenvalue weighted by atomic mass is 10.1. The van der Waals surface area contributed by atoms with Crippen LogP contribution in [0.1, 0.15) is 24.2 Å². The van der Waals surface area contributed by atoms with Crippen LogP contribution >= 0.6 is 15.9 Å². The Bertz CT molecular complexity index is 468. The molecule has 0 aliphatic heterocycles. The van der Waals surface area contributed by atoms with E-state index in [0.717, 1.165) is 0 Å². The van der Waals surface area contributed by atoms with Crippen LogP contribution in [0.25, 0.3) is 0 Å². The van der Waals surface area contributed by atoms with Gasteiger partial charge in [-0.05, 0) is 40.0 Å². The van der Waals surface area contributed by atoms with Gasteiger partial charge in [-0.3, -0.25) is 4.79 Å². The summed E-state index contributed by atoms with van der Waals surface area (Å²) < 4.78 is 13.2. The highest BCUT2D eigenvalue weighted by Gasteiger charge is 2.16. The van der Waals surface area contributed by atoms with Crippen molar-refractivity contribution < 1.29 is 9.18 Å². The Balaban J connectivity index is 2.83. The van der Waals surface area contributed by atoms with Gasteiger partial charge in [0.15, 0.2) is 0 Å². The zero-order chi connectivity index (χ0) is 13.0. The molecule has 17 heavy (non-hydrogen) atoms. The van der Waals surface area contributed by atoms with Gasteiger partial charge in [0.1, 0.15) is 11.9 Å². The minimum absolute atomic E-state index is 0.0211.